The number of hydrogen-bond acceptors (Lipinski definition) is 5. The van der Waals surface area contributed by atoms with Crippen LogP contribution in [-0.2, 0) is 0 Å². The number of para-hydroxylation sites is 2. The maximum absolute atomic E-state index is 9.63. The third-order valence-corrected chi connectivity index (χ3v) is 3.12. The van der Waals surface area contributed by atoms with Crippen molar-refractivity contribution in [2.75, 3.05) is 0 Å². The number of nitrogens with zero attached hydrogens (tertiary/aromatic N) is 2. The standard InChI is InChI=1S/C12H8N2O2S/c15-9-3-1-2-4-10(9)16-11-8-5-6-17-12(8)14-7-13-11/h1-7,15H. The summed E-state index contributed by atoms with van der Waals surface area (Å²) in [5.41, 5.74) is 0. The van der Waals surface area contributed by atoms with Crippen LogP contribution >= 0.6 is 11.3 Å². The van der Waals surface area contributed by atoms with Crippen LogP contribution in [0, 0.1) is 0 Å². The zero-order valence-electron chi connectivity index (χ0n) is 8.70. The smallest absolute Gasteiger partial charge is 0.231 e. The van der Waals surface area contributed by atoms with Gasteiger partial charge in [-0.15, -0.1) is 11.3 Å². The predicted molar refractivity (Wildman–Crippen MR) is 65.6 cm³/mol. The molecule has 5 heteroatoms. The van der Waals surface area contributed by atoms with E-state index < -0.39 is 0 Å². The van der Waals surface area contributed by atoms with Crippen molar-refractivity contribution in [3.05, 3.63) is 42.0 Å². The number of rotatable bonds is 2. The zero-order valence-corrected chi connectivity index (χ0v) is 9.52. The monoisotopic (exact) mass is 244 g/mol. The van der Waals surface area contributed by atoms with E-state index >= 15 is 0 Å². The van der Waals surface area contributed by atoms with Gasteiger partial charge in [0.05, 0.1) is 5.39 Å². The molecule has 0 saturated heterocycles. The molecule has 1 aromatic carbocycles. The minimum atomic E-state index is 0.0921. The number of ether oxygens (including phenoxy) is 1. The summed E-state index contributed by atoms with van der Waals surface area (Å²) in [5.74, 6) is 0.936. The first-order valence-corrected chi connectivity index (χ1v) is 5.86. The fraction of sp³-hybridized carbons (Fsp3) is 0. The maximum atomic E-state index is 9.63. The second-order valence-electron chi connectivity index (χ2n) is 3.39. The molecule has 17 heavy (non-hydrogen) atoms. The molecule has 2 heterocycles. The van der Waals surface area contributed by atoms with Crippen LogP contribution in [-0.4, -0.2) is 15.1 Å². The van der Waals surface area contributed by atoms with Gasteiger partial charge in [0.15, 0.2) is 11.5 Å². The molecule has 0 radical (unpaired) electrons. The Hall–Kier alpha value is -2.14. The Morgan fingerprint density at radius 3 is 2.88 bits per heavy atom. The van der Waals surface area contributed by atoms with Gasteiger partial charge in [0.2, 0.25) is 5.88 Å². The molecule has 0 atom stereocenters. The van der Waals surface area contributed by atoms with E-state index in [1.807, 2.05) is 11.4 Å². The van der Waals surface area contributed by atoms with Gasteiger partial charge in [0.25, 0.3) is 0 Å². The quantitative estimate of drug-likeness (QED) is 0.752. The summed E-state index contributed by atoms with van der Waals surface area (Å²) in [7, 11) is 0. The number of aromatic nitrogens is 2. The van der Waals surface area contributed by atoms with Crippen molar-refractivity contribution in [3.8, 4) is 17.4 Å². The van der Waals surface area contributed by atoms with Gasteiger partial charge in [0, 0.05) is 0 Å². The van der Waals surface area contributed by atoms with E-state index in [1.54, 1.807) is 24.3 Å². The molecule has 0 unspecified atom stereocenters. The first-order valence-electron chi connectivity index (χ1n) is 4.98. The van der Waals surface area contributed by atoms with Gasteiger partial charge >= 0.3 is 0 Å². The number of hydrogen-bond donors (Lipinski definition) is 1. The van der Waals surface area contributed by atoms with E-state index in [1.165, 1.54) is 17.7 Å². The van der Waals surface area contributed by atoms with Crippen LogP contribution in [0.5, 0.6) is 17.4 Å². The number of aromatic hydroxyl groups is 1. The summed E-state index contributed by atoms with van der Waals surface area (Å²) in [5, 5.41) is 12.4. The molecule has 84 valence electrons. The van der Waals surface area contributed by atoms with E-state index in [0.29, 0.717) is 11.6 Å². The van der Waals surface area contributed by atoms with Crippen LogP contribution < -0.4 is 4.74 Å². The molecule has 0 aliphatic rings. The molecule has 1 N–H and O–H groups in total. The minimum Gasteiger partial charge on any atom is -0.504 e. The van der Waals surface area contributed by atoms with Gasteiger partial charge < -0.3 is 9.84 Å². The third-order valence-electron chi connectivity index (χ3n) is 2.30. The maximum Gasteiger partial charge on any atom is 0.231 e. The molecule has 4 nitrogen and oxygen atoms in total. The normalized spacial score (nSPS) is 10.6. The second-order valence-corrected chi connectivity index (χ2v) is 4.28. The number of fused-ring (bicyclic) bond motifs is 1. The van der Waals surface area contributed by atoms with Crippen LogP contribution in [0.2, 0.25) is 0 Å². The summed E-state index contributed by atoms with van der Waals surface area (Å²) >= 11 is 1.52. The average molecular weight is 244 g/mol. The zero-order chi connectivity index (χ0) is 11.7. The lowest BCUT2D eigenvalue weighted by molar-refractivity contribution is 0.405. The fourth-order valence-corrected chi connectivity index (χ4v) is 2.22. The minimum absolute atomic E-state index is 0.0921. The second kappa shape index (κ2) is 4.03. The average Bonchev–Trinajstić information content (AvgIpc) is 2.81. The lowest BCUT2D eigenvalue weighted by Crippen LogP contribution is -1.89. The molecule has 0 bridgehead atoms. The number of phenolic OH excluding ortho intramolecular Hbond substituents is 1. The van der Waals surface area contributed by atoms with Crippen molar-refractivity contribution in [2.45, 2.75) is 0 Å². The molecule has 3 aromatic rings. The topological polar surface area (TPSA) is 55.2 Å². The largest absolute Gasteiger partial charge is 0.504 e. The van der Waals surface area contributed by atoms with Crippen LogP contribution in [0.15, 0.2) is 42.0 Å². The Balaban J connectivity index is 2.06. The summed E-state index contributed by atoms with van der Waals surface area (Å²) in [6, 6.07) is 8.69. The number of thiophene rings is 1. The summed E-state index contributed by atoms with van der Waals surface area (Å²) in [6.07, 6.45) is 1.45. The van der Waals surface area contributed by atoms with Crippen molar-refractivity contribution in [1.82, 2.24) is 9.97 Å². The third kappa shape index (κ3) is 1.81. The summed E-state index contributed by atoms with van der Waals surface area (Å²) < 4.78 is 5.59. The van der Waals surface area contributed by atoms with Crippen LogP contribution in [0.3, 0.4) is 0 Å². The molecule has 3 rings (SSSR count). The van der Waals surface area contributed by atoms with Gasteiger partial charge in [0.1, 0.15) is 11.2 Å². The van der Waals surface area contributed by atoms with Crippen LogP contribution in [0.1, 0.15) is 0 Å². The molecule has 0 fully saturated rings. The Morgan fingerprint density at radius 2 is 2.00 bits per heavy atom. The molecule has 2 aromatic heterocycles. The van der Waals surface area contributed by atoms with E-state index in [-0.39, 0.29) is 5.75 Å². The Morgan fingerprint density at radius 1 is 1.12 bits per heavy atom. The highest BCUT2D eigenvalue weighted by atomic mass is 32.1. The Bertz CT molecular complexity index is 666. The highest BCUT2D eigenvalue weighted by molar-refractivity contribution is 7.16. The summed E-state index contributed by atoms with van der Waals surface area (Å²) in [6.45, 7) is 0. The Kier molecular flexibility index (Phi) is 2.38. The number of phenols is 1. The van der Waals surface area contributed by atoms with E-state index in [0.717, 1.165) is 10.2 Å². The van der Waals surface area contributed by atoms with Gasteiger partial charge in [-0.25, -0.2) is 9.97 Å². The predicted octanol–water partition coefficient (Wildman–Crippen LogP) is 3.19. The number of benzene rings is 1. The van der Waals surface area contributed by atoms with Crippen molar-refractivity contribution in [3.63, 3.8) is 0 Å². The van der Waals surface area contributed by atoms with Gasteiger partial charge in [-0.2, -0.15) is 0 Å². The van der Waals surface area contributed by atoms with E-state index in [4.69, 9.17) is 4.74 Å². The SMILES string of the molecule is Oc1ccccc1Oc1ncnc2sccc12. The van der Waals surface area contributed by atoms with Gasteiger partial charge in [-0.3, -0.25) is 0 Å². The van der Waals surface area contributed by atoms with E-state index in [9.17, 15) is 5.11 Å². The summed E-state index contributed by atoms with van der Waals surface area (Å²) in [4.78, 5) is 9.07. The molecule has 0 aliphatic carbocycles. The van der Waals surface area contributed by atoms with E-state index in [2.05, 4.69) is 9.97 Å². The highest BCUT2D eigenvalue weighted by Gasteiger charge is 2.08. The first kappa shape index (κ1) is 10.0. The van der Waals surface area contributed by atoms with Crippen molar-refractivity contribution < 1.29 is 9.84 Å². The highest BCUT2D eigenvalue weighted by Crippen LogP contribution is 2.33. The van der Waals surface area contributed by atoms with Crippen LogP contribution in [0.25, 0.3) is 10.2 Å². The molecule has 0 saturated carbocycles. The Labute approximate surface area is 101 Å². The van der Waals surface area contributed by atoms with Gasteiger partial charge in [-0.1, -0.05) is 12.1 Å². The lowest BCUT2D eigenvalue weighted by Gasteiger charge is -2.06. The first-order chi connectivity index (χ1) is 8.34. The lowest BCUT2D eigenvalue weighted by atomic mass is 10.3. The van der Waals surface area contributed by atoms with Gasteiger partial charge in [-0.05, 0) is 23.6 Å². The fourth-order valence-electron chi connectivity index (χ4n) is 1.50. The van der Waals surface area contributed by atoms with Crippen molar-refractivity contribution >= 4 is 21.6 Å². The molecule has 0 amide bonds. The molecule has 0 aliphatic heterocycles. The van der Waals surface area contributed by atoms with Crippen molar-refractivity contribution in [2.24, 2.45) is 0 Å². The van der Waals surface area contributed by atoms with Crippen molar-refractivity contribution in [1.29, 1.82) is 0 Å². The van der Waals surface area contributed by atoms with Crippen LogP contribution in [0.4, 0.5) is 0 Å². The molecule has 0 spiro atoms. The molecular formula is C12H8N2O2S. The molecular weight excluding hydrogens is 236 g/mol.